The van der Waals surface area contributed by atoms with Crippen LogP contribution in [0, 0.1) is 6.92 Å². The van der Waals surface area contributed by atoms with Gasteiger partial charge in [-0.2, -0.15) is 0 Å². The van der Waals surface area contributed by atoms with E-state index in [0.717, 1.165) is 15.8 Å². The highest BCUT2D eigenvalue weighted by atomic mass is 79.9. The summed E-state index contributed by atoms with van der Waals surface area (Å²) in [5.41, 5.74) is 1.08. The monoisotopic (exact) mass is 356 g/mol. The van der Waals surface area contributed by atoms with Crippen molar-refractivity contribution in [3.05, 3.63) is 28.2 Å². The smallest absolute Gasteiger partial charge is 0.234 e. The molecule has 0 amide bonds. The molecule has 0 radical (unpaired) electrons. The first-order chi connectivity index (χ1) is 8.38. The van der Waals surface area contributed by atoms with Crippen molar-refractivity contribution in [1.82, 2.24) is 0 Å². The van der Waals surface area contributed by atoms with E-state index < -0.39 is 9.05 Å². The van der Waals surface area contributed by atoms with E-state index in [9.17, 15) is 8.42 Å². The van der Waals surface area contributed by atoms with Crippen molar-refractivity contribution in [2.75, 3.05) is 25.6 Å². The number of ether oxygens (including phenoxy) is 2. The van der Waals surface area contributed by atoms with Crippen LogP contribution in [-0.2, 0) is 13.8 Å². The molecule has 0 fully saturated rings. The van der Waals surface area contributed by atoms with Crippen LogP contribution in [0.3, 0.4) is 0 Å². The van der Waals surface area contributed by atoms with E-state index in [-0.39, 0.29) is 12.4 Å². The third-order valence-electron chi connectivity index (χ3n) is 2.10. The van der Waals surface area contributed by atoms with Crippen molar-refractivity contribution in [2.45, 2.75) is 6.92 Å². The van der Waals surface area contributed by atoms with Crippen LogP contribution >= 0.6 is 26.6 Å². The Bertz CT molecular complexity index is 490. The number of aryl methyl sites for hydroxylation is 1. The number of hydrogen-bond donors (Lipinski definition) is 0. The van der Waals surface area contributed by atoms with Gasteiger partial charge in [0, 0.05) is 15.2 Å². The predicted octanol–water partition coefficient (Wildman–Crippen LogP) is 2.72. The van der Waals surface area contributed by atoms with Gasteiger partial charge in [-0.3, -0.25) is 0 Å². The van der Waals surface area contributed by atoms with Crippen LogP contribution in [0.25, 0.3) is 0 Å². The fraction of sp³-hybridized carbons (Fsp3) is 0.455. The number of hydrogen-bond acceptors (Lipinski definition) is 4. The number of rotatable bonds is 7. The molecule has 0 N–H and O–H groups in total. The molecule has 0 unspecified atom stereocenters. The SMILES string of the molecule is Cc1cc(OCCOCCS(=O)(=O)Cl)ccc1Br. The van der Waals surface area contributed by atoms with Crippen LogP contribution in [0.2, 0.25) is 0 Å². The fourth-order valence-electron chi connectivity index (χ4n) is 1.19. The van der Waals surface area contributed by atoms with E-state index in [2.05, 4.69) is 15.9 Å². The Morgan fingerprint density at radius 2 is 2.00 bits per heavy atom. The lowest BCUT2D eigenvalue weighted by molar-refractivity contribution is 0.111. The van der Waals surface area contributed by atoms with E-state index in [1.807, 2.05) is 25.1 Å². The van der Waals surface area contributed by atoms with Gasteiger partial charge in [0.05, 0.1) is 19.0 Å². The van der Waals surface area contributed by atoms with Gasteiger partial charge in [-0.25, -0.2) is 8.42 Å². The molecule has 0 aliphatic carbocycles. The van der Waals surface area contributed by atoms with Gasteiger partial charge >= 0.3 is 0 Å². The molecule has 0 saturated heterocycles. The second-order valence-electron chi connectivity index (χ2n) is 3.61. The molecule has 4 nitrogen and oxygen atoms in total. The van der Waals surface area contributed by atoms with Crippen LogP contribution in [0.1, 0.15) is 5.56 Å². The largest absolute Gasteiger partial charge is 0.491 e. The molecule has 1 aromatic rings. The Morgan fingerprint density at radius 1 is 1.28 bits per heavy atom. The van der Waals surface area contributed by atoms with E-state index in [4.69, 9.17) is 20.2 Å². The molecule has 0 aromatic heterocycles. The summed E-state index contributed by atoms with van der Waals surface area (Å²) in [6.07, 6.45) is 0. The second-order valence-corrected chi connectivity index (χ2v) is 7.37. The van der Waals surface area contributed by atoms with E-state index in [0.29, 0.717) is 13.2 Å². The minimum atomic E-state index is -3.47. The topological polar surface area (TPSA) is 52.6 Å². The van der Waals surface area contributed by atoms with Gasteiger partial charge in [-0.05, 0) is 30.7 Å². The quantitative estimate of drug-likeness (QED) is 0.556. The predicted molar refractivity (Wildman–Crippen MR) is 74.8 cm³/mol. The lowest BCUT2D eigenvalue weighted by Crippen LogP contribution is -2.12. The standard InChI is InChI=1S/C11H14BrClO4S/c1-9-8-10(2-3-11(9)12)17-5-4-16-6-7-18(13,14)15/h2-3,8H,4-7H2,1H3. The average Bonchev–Trinajstić information content (AvgIpc) is 2.26. The van der Waals surface area contributed by atoms with E-state index in [1.54, 1.807) is 0 Å². The van der Waals surface area contributed by atoms with Crippen molar-refractivity contribution >= 4 is 35.7 Å². The van der Waals surface area contributed by atoms with Gasteiger partial charge < -0.3 is 9.47 Å². The van der Waals surface area contributed by atoms with E-state index >= 15 is 0 Å². The maximum atomic E-state index is 10.6. The van der Waals surface area contributed by atoms with Crippen molar-refractivity contribution in [3.8, 4) is 5.75 Å². The molecule has 102 valence electrons. The van der Waals surface area contributed by atoms with Crippen molar-refractivity contribution in [1.29, 1.82) is 0 Å². The molecule has 0 atom stereocenters. The van der Waals surface area contributed by atoms with Crippen molar-refractivity contribution in [3.63, 3.8) is 0 Å². The fourth-order valence-corrected chi connectivity index (χ4v) is 1.94. The Hall–Kier alpha value is -0.300. The first-order valence-electron chi connectivity index (χ1n) is 5.27. The summed E-state index contributed by atoms with van der Waals surface area (Å²) in [6, 6.07) is 5.67. The van der Waals surface area contributed by atoms with E-state index in [1.165, 1.54) is 0 Å². The van der Waals surface area contributed by atoms with Gasteiger partial charge in [-0.15, -0.1) is 0 Å². The molecule has 0 spiro atoms. The summed E-state index contributed by atoms with van der Waals surface area (Å²) in [5, 5.41) is 0. The van der Waals surface area contributed by atoms with Crippen molar-refractivity contribution in [2.24, 2.45) is 0 Å². The molecule has 0 aliphatic rings. The van der Waals surface area contributed by atoms with Crippen LogP contribution < -0.4 is 4.74 Å². The van der Waals surface area contributed by atoms with Gasteiger partial charge in [0.15, 0.2) is 0 Å². The molecular weight excluding hydrogens is 344 g/mol. The Kier molecular flexibility index (Phi) is 6.42. The normalized spacial score (nSPS) is 11.5. The Balaban J connectivity index is 2.20. The summed E-state index contributed by atoms with van der Waals surface area (Å²) >= 11 is 3.40. The third-order valence-corrected chi connectivity index (χ3v) is 4.10. The van der Waals surface area contributed by atoms with Crippen LogP contribution in [-0.4, -0.2) is 34.0 Å². The maximum Gasteiger partial charge on any atom is 0.234 e. The first kappa shape index (κ1) is 15.8. The molecule has 18 heavy (non-hydrogen) atoms. The Labute approximate surface area is 120 Å². The molecule has 0 bridgehead atoms. The maximum absolute atomic E-state index is 10.6. The highest BCUT2D eigenvalue weighted by molar-refractivity contribution is 9.10. The summed E-state index contributed by atoms with van der Waals surface area (Å²) < 4.78 is 32.8. The molecule has 1 aromatic carbocycles. The molecule has 0 aliphatic heterocycles. The van der Waals surface area contributed by atoms with Crippen LogP contribution in [0.4, 0.5) is 0 Å². The molecule has 0 saturated carbocycles. The summed E-state index contributed by atoms with van der Waals surface area (Å²) in [6.45, 7) is 2.73. The van der Waals surface area contributed by atoms with Crippen LogP contribution in [0.15, 0.2) is 22.7 Å². The van der Waals surface area contributed by atoms with Gasteiger partial charge in [0.25, 0.3) is 0 Å². The zero-order valence-corrected chi connectivity index (χ0v) is 13.0. The van der Waals surface area contributed by atoms with Gasteiger partial charge in [0.2, 0.25) is 9.05 Å². The average molecular weight is 358 g/mol. The highest BCUT2D eigenvalue weighted by Crippen LogP contribution is 2.21. The third kappa shape index (κ3) is 6.58. The zero-order valence-electron chi connectivity index (χ0n) is 9.86. The molecular formula is C11H14BrClO4S. The summed E-state index contributed by atoms with van der Waals surface area (Å²) in [4.78, 5) is 0. The van der Waals surface area contributed by atoms with Crippen LogP contribution in [0.5, 0.6) is 5.75 Å². The number of benzene rings is 1. The highest BCUT2D eigenvalue weighted by Gasteiger charge is 2.04. The molecule has 0 heterocycles. The second kappa shape index (κ2) is 7.33. The summed E-state index contributed by atoms with van der Waals surface area (Å²) in [5.74, 6) is 0.565. The van der Waals surface area contributed by atoms with Gasteiger partial charge in [-0.1, -0.05) is 15.9 Å². The van der Waals surface area contributed by atoms with Gasteiger partial charge in [0.1, 0.15) is 12.4 Å². The lowest BCUT2D eigenvalue weighted by atomic mass is 10.2. The molecule has 1 rings (SSSR count). The van der Waals surface area contributed by atoms with Crippen molar-refractivity contribution < 1.29 is 17.9 Å². The minimum absolute atomic E-state index is 0.0779. The number of halogens is 2. The zero-order chi connectivity index (χ0) is 13.6. The Morgan fingerprint density at radius 3 is 2.61 bits per heavy atom. The first-order valence-corrected chi connectivity index (χ1v) is 8.54. The summed E-state index contributed by atoms with van der Waals surface area (Å²) in [7, 11) is 1.56. The molecule has 7 heteroatoms. The minimum Gasteiger partial charge on any atom is -0.491 e. The lowest BCUT2D eigenvalue weighted by Gasteiger charge is -2.08.